The second-order valence-electron chi connectivity index (χ2n) is 5.09. The normalized spacial score (nSPS) is 16.2. The molecule has 0 bridgehead atoms. The number of imidazole rings is 1. The summed E-state index contributed by atoms with van der Waals surface area (Å²) in [4.78, 5) is 4.30. The van der Waals surface area contributed by atoms with E-state index in [0.717, 1.165) is 0 Å². The standard InChI is InChI=1S/C17H14N2/c1-12-5-4-6-13(9-12)17-15-8-3-2-7-14(15)16-10-18-11-19(16)17/h2-11,17H,1H3. The van der Waals surface area contributed by atoms with E-state index in [1.165, 1.54) is 27.9 Å². The minimum atomic E-state index is 0.258. The maximum absolute atomic E-state index is 4.30. The maximum Gasteiger partial charge on any atom is 0.0959 e. The SMILES string of the molecule is Cc1cccc(C2c3ccccc3-c3cncn32)c1. The second kappa shape index (κ2) is 3.82. The highest BCUT2D eigenvalue weighted by molar-refractivity contribution is 5.70. The third kappa shape index (κ3) is 1.46. The van der Waals surface area contributed by atoms with Gasteiger partial charge in [0.2, 0.25) is 0 Å². The predicted molar refractivity (Wildman–Crippen MR) is 76.1 cm³/mol. The van der Waals surface area contributed by atoms with Crippen LogP contribution in [0.1, 0.15) is 22.7 Å². The minimum absolute atomic E-state index is 0.258. The number of aromatic nitrogens is 2. The van der Waals surface area contributed by atoms with Crippen LogP contribution >= 0.6 is 0 Å². The Labute approximate surface area is 112 Å². The van der Waals surface area contributed by atoms with Gasteiger partial charge in [0.1, 0.15) is 0 Å². The summed E-state index contributed by atoms with van der Waals surface area (Å²) in [6, 6.07) is 17.6. The molecule has 1 atom stereocenters. The average molecular weight is 246 g/mol. The average Bonchev–Trinajstić information content (AvgIpc) is 2.98. The molecule has 2 heterocycles. The number of hydrogen-bond donors (Lipinski definition) is 0. The molecular formula is C17H14N2. The molecule has 0 N–H and O–H groups in total. The van der Waals surface area contributed by atoms with Crippen LogP contribution in [0.15, 0.2) is 61.1 Å². The molecule has 92 valence electrons. The van der Waals surface area contributed by atoms with E-state index in [1.807, 2.05) is 12.5 Å². The highest BCUT2D eigenvalue weighted by atomic mass is 15.1. The Morgan fingerprint density at radius 3 is 2.84 bits per heavy atom. The smallest absolute Gasteiger partial charge is 0.0959 e. The molecule has 19 heavy (non-hydrogen) atoms. The third-order valence-electron chi connectivity index (χ3n) is 3.83. The number of aryl methyl sites for hydroxylation is 1. The van der Waals surface area contributed by atoms with Crippen molar-refractivity contribution in [2.24, 2.45) is 0 Å². The summed E-state index contributed by atoms with van der Waals surface area (Å²) in [6.45, 7) is 2.14. The molecule has 0 saturated carbocycles. The van der Waals surface area contributed by atoms with Gasteiger partial charge in [-0.3, -0.25) is 0 Å². The van der Waals surface area contributed by atoms with E-state index in [9.17, 15) is 0 Å². The van der Waals surface area contributed by atoms with E-state index in [1.54, 1.807) is 0 Å². The van der Waals surface area contributed by atoms with Crippen LogP contribution in [0.3, 0.4) is 0 Å². The molecule has 0 spiro atoms. The number of rotatable bonds is 1. The van der Waals surface area contributed by atoms with Crippen LogP contribution in [0.5, 0.6) is 0 Å². The molecule has 4 rings (SSSR count). The summed E-state index contributed by atoms with van der Waals surface area (Å²) in [5, 5.41) is 0. The van der Waals surface area contributed by atoms with Gasteiger partial charge in [0.05, 0.1) is 24.3 Å². The molecule has 0 aliphatic carbocycles. The zero-order chi connectivity index (χ0) is 12.8. The molecule has 0 saturated heterocycles. The Morgan fingerprint density at radius 2 is 1.95 bits per heavy atom. The van der Waals surface area contributed by atoms with Gasteiger partial charge in [-0.2, -0.15) is 0 Å². The fraction of sp³-hybridized carbons (Fsp3) is 0.118. The van der Waals surface area contributed by atoms with Crippen molar-refractivity contribution in [2.75, 3.05) is 0 Å². The van der Waals surface area contributed by atoms with Crippen molar-refractivity contribution in [1.29, 1.82) is 0 Å². The predicted octanol–water partition coefficient (Wildman–Crippen LogP) is 3.81. The first kappa shape index (κ1) is 10.6. The van der Waals surface area contributed by atoms with Crippen LogP contribution in [0.2, 0.25) is 0 Å². The molecule has 1 aliphatic rings. The van der Waals surface area contributed by atoms with Gasteiger partial charge >= 0.3 is 0 Å². The molecule has 1 unspecified atom stereocenters. The maximum atomic E-state index is 4.30. The zero-order valence-electron chi connectivity index (χ0n) is 10.7. The molecule has 0 amide bonds. The van der Waals surface area contributed by atoms with E-state index in [0.29, 0.717) is 0 Å². The summed E-state index contributed by atoms with van der Waals surface area (Å²) in [5.41, 5.74) is 6.49. The Kier molecular flexibility index (Phi) is 2.12. The zero-order valence-corrected chi connectivity index (χ0v) is 10.7. The minimum Gasteiger partial charge on any atom is -0.319 e. The fourth-order valence-electron chi connectivity index (χ4n) is 3.02. The quantitative estimate of drug-likeness (QED) is 0.499. The number of benzene rings is 2. The molecule has 3 aromatic rings. The molecule has 1 aliphatic heterocycles. The van der Waals surface area contributed by atoms with E-state index < -0.39 is 0 Å². The van der Waals surface area contributed by atoms with Gasteiger partial charge in [0.25, 0.3) is 0 Å². The van der Waals surface area contributed by atoms with Gasteiger partial charge < -0.3 is 4.57 Å². The van der Waals surface area contributed by atoms with Crippen molar-refractivity contribution >= 4 is 0 Å². The van der Waals surface area contributed by atoms with Crippen LogP contribution in [0, 0.1) is 6.92 Å². The number of hydrogen-bond acceptors (Lipinski definition) is 1. The van der Waals surface area contributed by atoms with Crippen molar-refractivity contribution in [1.82, 2.24) is 9.55 Å². The Balaban J connectivity index is 1.99. The Bertz CT molecular complexity index is 755. The number of nitrogens with zero attached hydrogens (tertiary/aromatic N) is 2. The first-order chi connectivity index (χ1) is 9.34. The van der Waals surface area contributed by atoms with Crippen molar-refractivity contribution < 1.29 is 0 Å². The lowest BCUT2D eigenvalue weighted by Gasteiger charge is -2.15. The molecule has 0 fully saturated rings. The first-order valence-corrected chi connectivity index (χ1v) is 6.52. The van der Waals surface area contributed by atoms with Crippen LogP contribution in [-0.2, 0) is 0 Å². The van der Waals surface area contributed by atoms with E-state index in [2.05, 4.69) is 65.0 Å². The topological polar surface area (TPSA) is 17.8 Å². The highest BCUT2D eigenvalue weighted by Crippen LogP contribution is 2.42. The fourth-order valence-corrected chi connectivity index (χ4v) is 3.02. The first-order valence-electron chi connectivity index (χ1n) is 6.52. The van der Waals surface area contributed by atoms with E-state index in [4.69, 9.17) is 0 Å². The molecule has 2 heteroatoms. The van der Waals surface area contributed by atoms with Gasteiger partial charge in [0.15, 0.2) is 0 Å². The summed E-state index contributed by atoms with van der Waals surface area (Å²) in [7, 11) is 0. The Hall–Kier alpha value is -2.35. The number of fused-ring (bicyclic) bond motifs is 3. The molecule has 2 aromatic carbocycles. The highest BCUT2D eigenvalue weighted by Gasteiger charge is 2.28. The van der Waals surface area contributed by atoms with Crippen LogP contribution in [0.25, 0.3) is 11.3 Å². The van der Waals surface area contributed by atoms with Gasteiger partial charge in [-0.15, -0.1) is 0 Å². The van der Waals surface area contributed by atoms with E-state index in [-0.39, 0.29) is 6.04 Å². The van der Waals surface area contributed by atoms with E-state index >= 15 is 0 Å². The van der Waals surface area contributed by atoms with Crippen molar-refractivity contribution in [3.05, 3.63) is 77.7 Å². The summed E-state index contributed by atoms with van der Waals surface area (Å²) in [6.07, 6.45) is 3.89. The van der Waals surface area contributed by atoms with Crippen molar-refractivity contribution in [3.8, 4) is 11.3 Å². The van der Waals surface area contributed by atoms with Crippen LogP contribution < -0.4 is 0 Å². The summed E-state index contributed by atoms with van der Waals surface area (Å²) < 4.78 is 2.26. The summed E-state index contributed by atoms with van der Waals surface area (Å²) in [5.74, 6) is 0. The van der Waals surface area contributed by atoms with Crippen molar-refractivity contribution in [3.63, 3.8) is 0 Å². The van der Waals surface area contributed by atoms with Gasteiger partial charge in [-0.1, -0.05) is 54.1 Å². The lowest BCUT2D eigenvalue weighted by atomic mass is 9.96. The van der Waals surface area contributed by atoms with Crippen LogP contribution in [0.4, 0.5) is 0 Å². The molecule has 0 radical (unpaired) electrons. The molecule has 2 nitrogen and oxygen atoms in total. The summed E-state index contributed by atoms with van der Waals surface area (Å²) >= 11 is 0. The third-order valence-corrected chi connectivity index (χ3v) is 3.83. The van der Waals surface area contributed by atoms with Gasteiger partial charge in [-0.25, -0.2) is 4.98 Å². The monoisotopic (exact) mass is 246 g/mol. The molecular weight excluding hydrogens is 232 g/mol. The van der Waals surface area contributed by atoms with Crippen molar-refractivity contribution in [2.45, 2.75) is 13.0 Å². The lowest BCUT2D eigenvalue weighted by molar-refractivity contribution is 0.711. The largest absolute Gasteiger partial charge is 0.319 e. The molecule has 1 aromatic heterocycles. The lowest BCUT2D eigenvalue weighted by Crippen LogP contribution is -2.06. The second-order valence-corrected chi connectivity index (χ2v) is 5.09. The van der Waals surface area contributed by atoms with Crippen LogP contribution in [-0.4, -0.2) is 9.55 Å². The Morgan fingerprint density at radius 1 is 1.05 bits per heavy atom. The van der Waals surface area contributed by atoms with Gasteiger partial charge in [-0.05, 0) is 18.1 Å². The van der Waals surface area contributed by atoms with Gasteiger partial charge in [0, 0.05) is 5.56 Å².